The molecule has 0 radical (unpaired) electrons. The second kappa shape index (κ2) is 9.45. The van der Waals surface area contributed by atoms with Crippen LogP contribution in [0.2, 0.25) is 0 Å². The SMILES string of the molecule is O=[PH](c1ccc2c(c1)C1(c3ccccc3-c3ccccc31)c1ccccc1-2)N(c1ccccc1)c1ccc(Br)cc1. The third-order valence-electron chi connectivity index (χ3n) is 8.55. The van der Waals surface area contributed by atoms with Crippen molar-refractivity contribution in [2.24, 2.45) is 0 Å². The zero-order valence-electron chi connectivity index (χ0n) is 22.1. The van der Waals surface area contributed by atoms with Gasteiger partial charge in [-0.3, -0.25) is 9.24 Å². The third kappa shape index (κ3) is 3.53. The Balaban J connectivity index is 1.38. The molecule has 41 heavy (non-hydrogen) atoms. The fourth-order valence-electron chi connectivity index (χ4n) is 6.91. The highest BCUT2D eigenvalue weighted by molar-refractivity contribution is 9.10. The van der Waals surface area contributed by atoms with Crippen LogP contribution in [0.4, 0.5) is 11.4 Å². The number of halogens is 1. The number of nitrogens with zero attached hydrogens (tertiary/aromatic N) is 1. The van der Waals surface area contributed by atoms with Gasteiger partial charge in [-0.15, -0.1) is 0 Å². The van der Waals surface area contributed by atoms with Crippen LogP contribution in [-0.2, 0) is 9.98 Å². The van der Waals surface area contributed by atoms with Crippen molar-refractivity contribution in [3.8, 4) is 22.3 Å². The molecule has 6 aromatic carbocycles. The minimum absolute atomic E-state index is 0.452. The Morgan fingerprint density at radius 1 is 0.488 bits per heavy atom. The van der Waals surface area contributed by atoms with E-state index in [1.165, 1.54) is 44.5 Å². The summed E-state index contributed by atoms with van der Waals surface area (Å²) in [5.74, 6) is 0. The van der Waals surface area contributed by atoms with E-state index in [2.05, 4.69) is 107 Å². The van der Waals surface area contributed by atoms with Gasteiger partial charge in [0.15, 0.2) is 7.95 Å². The minimum Gasteiger partial charge on any atom is -0.298 e. The predicted molar refractivity (Wildman–Crippen MR) is 174 cm³/mol. The van der Waals surface area contributed by atoms with Crippen LogP contribution in [-0.4, -0.2) is 0 Å². The molecule has 1 unspecified atom stereocenters. The summed E-state index contributed by atoms with van der Waals surface area (Å²) < 4.78 is 17.7. The molecule has 2 aliphatic rings. The largest absolute Gasteiger partial charge is 0.298 e. The number of hydrogen-bond acceptors (Lipinski definition) is 1. The fraction of sp³-hybridized carbons (Fsp3) is 0.0270. The number of para-hydroxylation sites is 1. The smallest absolute Gasteiger partial charge is 0.193 e. The van der Waals surface area contributed by atoms with Crippen LogP contribution >= 0.6 is 23.9 Å². The van der Waals surface area contributed by atoms with E-state index in [4.69, 9.17) is 0 Å². The van der Waals surface area contributed by atoms with Crippen molar-refractivity contribution in [1.82, 2.24) is 0 Å². The maximum Gasteiger partial charge on any atom is 0.193 e. The molecular formula is C37H25BrNOP. The van der Waals surface area contributed by atoms with Gasteiger partial charge in [-0.05, 0) is 93.0 Å². The number of fused-ring (bicyclic) bond motifs is 10. The maximum absolute atomic E-state index is 14.7. The third-order valence-corrected chi connectivity index (χ3v) is 10.8. The number of benzene rings is 6. The van der Waals surface area contributed by atoms with Crippen molar-refractivity contribution in [2.75, 3.05) is 4.67 Å². The molecule has 8 rings (SSSR count). The average Bonchev–Trinajstić information content (AvgIpc) is 3.50. The van der Waals surface area contributed by atoms with Crippen LogP contribution in [0.1, 0.15) is 22.3 Å². The molecule has 2 nitrogen and oxygen atoms in total. The Kier molecular flexibility index (Phi) is 5.67. The first-order chi connectivity index (χ1) is 20.2. The van der Waals surface area contributed by atoms with Gasteiger partial charge in [0.25, 0.3) is 0 Å². The van der Waals surface area contributed by atoms with E-state index in [0.717, 1.165) is 21.2 Å². The van der Waals surface area contributed by atoms with Gasteiger partial charge in [-0.1, -0.05) is 113 Å². The highest BCUT2D eigenvalue weighted by Crippen LogP contribution is 2.62. The monoisotopic (exact) mass is 609 g/mol. The second-order valence-corrected chi connectivity index (χ2v) is 13.2. The Morgan fingerprint density at radius 3 is 1.51 bits per heavy atom. The van der Waals surface area contributed by atoms with E-state index in [0.29, 0.717) is 0 Å². The normalized spacial score (nSPS) is 14.2. The molecule has 0 saturated carbocycles. The Hall–Kier alpha value is -4.17. The molecule has 0 fully saturated rings. The first-order valence-corrected chi connectivity index (χ1v) is 15.9. The summed E-state index contributed by atoms with van der Waals surface area (Å²) in [7, 11) is -2.46. The molecule has 0 saturated heterocycles. The van der Waals surface area contributed by atoms with Gasteiger partial charge < -0.3 is 0 Å². The zero-order valence-corrected chi connectivity index (χ0v) is 24.7. The highest BCUT2D eigenvalue weighted by atomic mass is 79.9. The topological polar surface area (TPSA) is 20.3 Å². The molecule has 0 aromatic heterocycles. The summed E-state index contributed by atoms with van der Waals surface area (Å²) in [5.41, 5.74) is 11.4. The van der Waals surface area contributed by atoms with Gasteiger partial charge in [0.1, 0.15) is 0 Å². The maximum atomic E-state index is 14.7. The van der Waals surface area contributed by atoms with Crippen LogP contribution in [0.3, 0.4) is 0 Å². The summed E-state index contributed by atoms with van der Waals surface area (Å²) in [6.07, 6.45) is 0. The van der Waals surface area contributed by atoms with Crippen molar-refractivity contribution in [3.63, 3.8) is 0 Å². The summed E-state index contributed by atoms with van der Waals surface area (Å²) in [4.78, 5) is 0. The minimum atomic E-state index is -2.46. The van der Waals surface area contributed by atoms with Crippen molar-refractivity contribution in [1.29, 1.82) is 0 Å². The van der Waals surface area contributed by atoms with Gasteiger partial charge in [-0.2, -0.15) is 0 Å². The first kappa shape index (κ1) is 24.6. The Labute approximate surface area is 248 Å². The molecule has 2 aliphatic carbocycles. The molecule has 1 spiro atoms. The van der Waals surface area contributed by atoms with Crippen LogP contribution in [0.15, 0.2) is 150 Å². The average molecular weight is 610 g/mol. The Morgan fingerprint density at radius 2 is 0.951 bits per heavy atom. The van der Waals surface area contributed by atoms with Crippen molar-refractivity contribution in [2.45, 2.75) is 5.41 Å². The number of rotatable bonds is 4. The van der Waals surface area contributed by atoms with Crippen molar-refractivity contribution < 1.29 is 4.57 Å². The van der Waals surface area contributed by atoms with E-state index in [-0.39, 0.29) is 0 Å². The summed E-state index contributed by atoms with van der Waals surface area (Å²) >= 11 is 3.55. The van der Waals surface area contributed by atoms with E-state index in [9.17, 15) is 4.57 Å². The fourth-order valence-corrected chi connectivity index (χ4v) is 8.69. The molecule has 6 aromatic rings. The van der Waals surface area contributed by atoms with E-state index < -0.39 is 13.4 Å². The van der Waals surface area contributed by atoms with Gasteiger partial charge in [0.2, 0.25) is 0 Å². The van der Waals surface area contributed by atoms with Gasteiger partial charge in [0.05, 0.1) is 5.41 Å². The lowest BCUT2D eigenvalue weighted by atomic mass is 9.70. The van der Waals surface area contributed by atoms with Crippen LogP contribution in [0.25, 0.3) is 22.3 Å². The van der Waals surface area contributed by atoms with E-state index >= 15 is 0 Å². The summed E-state index contributed by atoms with van der Waals surface area (Å²) in [5, 5.41) is 0.842. The molecule has 4 heteroatoms. The Bertz CT molecular complexity index is 1920. The number of hydrogen-bond donors (Lipinski definition) is 0. The highest BCUT2D eigenvalue weighted by Gasteiger charge is 2.51. The molecule has 0 aliphatic heterocycles. The van der Waals surface area contributed by atoms with Gasteiger partial charge in [0, 0.05) is 21.2 Å². The van der Waals surface area contributed by atoms with Gasteiger partial charge in [-0.25, -0.2) is 0 Å². The quantitative estimate of drug-likeness (QED) is 0.185. The lowest BCUT2D eigenvalue weighted by molar-refractivity contribution is 0.593. The van der Waals surface area contributed by atoms with Crippen LogP contribution < -0.4 is 9.97 Å². The number of anilines is 2. The van der Waals surface area contributed by atoms with Gasteiger partial charge >= 0.3 is 0 Å². The molecule has 0 N–H and O–H groups in total. The zero-order chi connectivity index (χ0) is 27.6. The predicted octanol–water partition coefficient (Wildman–Crippen LogP) is 9.73. The molecular weight excluding hydrogens is 585 g/mol. The van der Waals surface area contributed by atoms with Crippen LogP contribution in [0.5, 0.6) is 0 Å². The van der Waals surface area contributed by atoms with Crippen molar-refractivity contribution >= 4 is 40.6 Å². The molecule has 1 atom stereocenters. The second-order valence-electron chi connectivity index (χ2n) is 10.6. The summed E-state index contributed by atoms with van der Waals surface area (Å²) in [6.45, 7) is 0. The first-order valence-electron chi connectivity index (χ1n) is 13.8. The molecule has 0 heterocycles. The van der Waals surface area contributed by atoms with E-state index in [1.54, 1.807) is 0 Å². The molecule has 0 amide bonds. The molecule has 0 bridgehead atoms. The van der Waals surface area contributed by atoms with Crippen LogP contribution in [0, 0.1) is 0 Å². The van der Waals surface area contributed by atoms with E-state index in [1.807, 2.05) is 59.3 Å². The molecule has 196 valence electrons. The lowest BCUT2D eigenvalue weighted by Crippen LogP contribution is -2.27. The van der Waals surface area contributed by atoms with Crippen molar-refractivity contribution in [3.05, 3.63) is 172 Å². The summed E-state index contributed by atoms with van der Waals surface area (Å²) in [6, 6.07) is 50.9. The standard InChI is InChI=1S/C37H25BrNOP/c38-25-18-20-27(21-19-25)39(26-10-2-1-3-11-26)41(40)28-22-23-32-31-14-6-9-17-35(31)37(36(32)24-28)33-15-7-4-12-29(33)30-13-5-8-16-34(30)37/h1-24,41H. The lowest BCUT2D eigenvalue weighted by Gasteiger charge is -2.31.